The Kier molecular flexibility index (Phi) is 4.97. The molecule has 3 heteroatoms. The number of rotatable bonds is 5. The van der Waals surface area contributed by atoms with Gasteiger partial charge in [0.05, 0.1) is 6.04 Å². The van der Waals surface area contributed by atoms with Crippen LogP contribution in [-0.2, 0) is 11.2 Å². The van der Waals surface area contributed by atoms with E-state index in [4.69, 9.17) is 0 Å². The summed E-state index contributed by atoms with van der Waals surface area (Å²) < 4.78 is 0. The van der Waals surface area contributed by atoms with Crippen molar-refractivity contribution in [2.45, 2.75) is 39.2 Å². The smallest absolute Gasteiger partial charge is 0.239 e. The average molecular weight is 260 g/mol. The Hall–Kier alpha value is -1.35. The number of carbonyl (C=O) groups excluding carboxylic acids is 1. The predicted molar refractivity (Wildman–Crippen MR) is 78.2 cm³/mol. The molecule has 1 unspecified atom stereocenters. The van der Waals surface area contributed by atoms with E-state index in [1.54, 1.807) is 0 Å². The summed E-state index contributed by atoms with van der Waals surface area (Å²) in [4.78, 5) is 14.3. The van der Waals surface area contributed by atoms with Gasteiger partial charge in [-0.15, -0.1) is 0 Å². The maximum Gasteiger partial charge on any atom is 0.239 e. The van der Waals surface area contributed by atoms with Crippen LogP contribution in [0.3, 0.4) is 0 Å². The molecule has 0 saturated carbocycles. The quantitative estimate of drug-likeness (QED) is 0.879. The number of nitrogens with one attached hydrogen (secondary N) is 1. The van der Waals surface area contributed by atoms with Crippen LogP contribution in [-0.4, -0.2) is 36.5 Å². The van der Waals surface area contributed by atoms with Crippen LogP contribution in [0.25, 0.3) is 0 Å². The van der Waals surface area contributed by atoms with Crippen LogP contribution >= 0.6 is 0 Å². The van der Waals surface area contributed by atoms with Gasteiger partial charge in [0.15, 0.2) is 0 Å². The number of hydrogen-bond acceptors (Lipinski definition) is 2. The van der Waals surface area contributed by atoms with Gasteiger partial charge in [-0.1, -0.05) is 36.8 Å². The van der Waals surface area contributed by atoms with Gasteiger partial charge in [-0.2, -0.15) is 0 Å². The fraction of sp³-hybridized carbons (Fsp3) is 0.562. The lowest BCUT2D eigenvalue weighted by atomic mass is 10.0. The van der Waals surface area contributed by atoms with E-state index in [0.717, 1.165) is 38.9 Å². The maximum atomic E-state index is 12.3. The molecule has 1 aromatic carbocycles. The van der Waals surface area contributed by atoms with Crippen LogP contribution in [0.15, 0.2) is 24.3 Å². The Balaban J connectivity index is 1.90. The van der Waals surface area contributed by atoms with Crippen LogP contribution in [0.5, 0.6) is 0 Å². The average Bonchev–Trinajstić information content (AvgIpc) is 2.40. The molecule has 1 aliphatic heterocycles. The molecule has 0 bridgehead atoms. The number of likely N-dealkylation sites (N-methyl/N-ethyl adjacent to an activating group) is 1. The van der Waals surface area contributed by atoms with Crippen molar-refractivity contribution in [3.63, 3.8) is 0 Å². The SMILES string of the molecule is CCNC1CCCN(CCc2cccc(C)c2)C1=O. The molecule has 1 fully saturated rings. The molecule has 104 valence electrons. The van der Waals surface area contributed by atoms with E-state index in [-0.39, 0.29) is 11.9 Å². The Morgan fingerprint density at radius 1 is 1.42 bits per heavy atom. The van der Waals surface area contributed by atoms with Gasteiger partial charge in [-0.3, -0.25) is 4.79 Å². The molecule has 0 aliphatic carbocycles. The maximum absolute atomic E-state index is 12.3. The number of likely N-dealkylation sites (tertiary alicyclic amines) is 1. The monoisotopic (exact) mass is 260 g/mol. The van der Waals surface area contributed by atoms with Crippen molar-refractivity contribution in [3.05, 3.63) is 35.4 Å². The molecule has 1 N–H and O–H groups in total. The molecular weight excluding hydrogens is 236 g/mol. The topological polar surface area (TPSA) is 32.3 Å². The Morgan fingerprint density at radius 3 is 3.00 bits per heavy atom. The molecule has 2 rings (SSSR count). The second-order valence-corrected chi connectivity index (χ2v) is 5.32. The van der Waals surface area contributed by atoms with Gasteiger partial charge in [0.25, 0.3) is 0 Å². The number of benzene rings is 1. The predicted octanol–water partition coefficient (Wildman–Crippen LogP) is 2.14. The summed E-state index contributed by atoms with van der Waals surface area (Å²) in [6.45, 7) is 6.77. The molecule has 1 saturated heterocycles. The molecule has 0 radical (unpaired) electrons. The number of hydrogen-bond donors (Lipinski definition) is 1. The van der Waals surface area contributed by atoms with Crippen molar-refractivity contribution < 1.29 is 4.79 Å². The summed E-state index contributed by atoms with van der Waals surface area (Å²) >= 11 is 0. The minimum Gasteiger partial charge on any atom is -0.341 e. The summed E-state index contributed by atoms with van der Waals surface area (Å²) in [5.41, 5.74) is 2.60. The Morgan fingerprint density at radius 2 is 2.26 bits per heavy atom. The number of piperidine rings is 1. The third kappa shape index (κ3) is 3.80. The van der Waals surface area contributed by atoms with Gasteiger partial charge >= 0.3 is 0 Å². The molecule has 3 nitrogen and oxygen atoms in total. The second-order valence-electron chi connectivity index (χ2n) is 5.32. The highest BCUT2D eigenvalue weighted by molar-refractivity contribution is 5.82. The van der Waals surface area contributed by atoms with E-state index in [1.807, 2.05) is 4.90 Å². The number of aryl methyl sites for hydroxylation is 1. The summed E-state index contributed by atoms with van der Waals surface area (Å²) in [6, 6.07) is 8.58. The van der Waals surface area contributed by atoms with Crippen molar-refractivity contribution in [1.29, 1.82) is 0 Å². The Labute approximate surface area is 116 Å². The number of amides is 1. The minimum atomic E-state index is 0.0382. The highest BCUT2D eigenvalue weighted by atomic mass is 16.2. The largest absolute Gasteiger partial charge is 0.341 e. The standard InChI is InChI=1S/C16H24N2O/c1-3-17-15-8-5-10-18(16(15)19)11-9-14-7-4-6-13(2)12-14/h4,6-7,12,15,17H,3,5,8-11H2,1-2H3. The number of carbonyl (C=O) groups is 1. The fourth-order valence-corrected chi connectivity index (χ4v) is 2.73. The zero-order valence-corrected chi connectivity index (χ0v) is 12.0. The second kappa shape index (κ2) is 6.71. The molecule has 1 aliphatic rings. The molecule has 1 heterocycles. The Bertz CT molecular complexity index is 429. The van der Waals surface area contributed by atoms with Gasteiger partial charge in [0, 0.05) is 13.1 Å². The molecule has 19 heavy (non-hydrogen) atoms. The first kappa shape index (κ1) is 14.1. The van der Waals surface area contributed by atoms with Gasteiger partial charge in [0.2, 0.25) is 5.91 Å². The summed E-state index contributed by atoms with van der Waals surface area (Å²) in [5, 5.41) is 3.28. The van der Waals surface area contributed by atoms with Crippen molar-refractivity contribution in [3.8, 4) is 0 Å². The van der Waals surface area contributed by atoms with E-state index in [1.165, 1.54) is 11.1 Å². The zero-order valence-electron chi connectivity index (χ0n) is 12.0. The normalized spacial score (nSPS) is 19.8. The van der Waals surface area contributed by atoms with E-state index >= 15 is 0 Å². The van der Waals surface area contributed by atoms with Crippen LogP contribution in [0, 0.1) is 6.92 Å². The third-order valence-corrected chi connectivity index (χ3v) is 3.73. The van der Waals surface area contributed by atoms with Crippen LogP contribution in [0.4, 0.5) is 0 Å². The van der Waals surface area contributed by atoms with Crippen molar-refractivity contribution >= 4 is 5.91 Å². The summed E-state index contributed by atoms with van der Waals surface area (Å²) in [7, 11) is 0. The van der Waals surface area contributed by atoms with Crippen molar-refractivity contribution in [1.82, 2.24) is 10.2 Å². The van der Waals surface area contributed by atoms with Crippen molar-refractivity contribution in [2.24, 2.45) is 0 Å². The summed E-state index contributed by atoms with van der Waals surface area (Å²) in [6.07, 6.45) is 3.04. The molecular formula is C16H24N2O. The first-order valence-corrected chi connectivity index (χ1v) is 7.28. The van der Waals surface area contributed by atoms with Gasteiger partial charge < -0.3 is 10.2 Å². The fourth-order valence-electron chi connectivity index (χ4n) is 2.73. The highest BCUT2D eigenvalue weighted by Gasteiger charge is 2.27. The summed E-state index contributed by atoms with van der Waals surface area (Å²) in [5.74, 6) is 0.278. The first-order valence-electron chi connectivity index (χ1n) is 7.28. The lowest BCUT2D eigenvalue weighted by Gasteiger charge is -2.32. The van der Waals surface area contributed by atoms with Crippen LogP contribution in [0.2, 0.25) is 0 Å². The van der Waals surface area contributed by atoms with Gasteiger partial charge in [-0.25, -0.2) is 0 Å². The molecule has 1 atom stereocenters. The highest BCUT2D eigenvalue weighted by Crippen LogP contribution is 2.13. The molecule has 0 aromatic heterocycles. The minimum absolute atomic E-state index is 0.0382. The lowest BCUT2D eigenvalue weighted by molar-refractivity contribution is -0.135. The first-order chi connectivity index (χ1) is 9.20. The van der Waals surface area contributed by atoms with Crippen LogP contribution in [0.1, 0.15) is 30.9 Å². The van der Waals surface area contributed by atoms with E-state index < -0.39 is 0 Å². The third-order valence-electron chi connectivity index (χ3n) is 3.73. The van der Waals surface area contributed by atoms with Crippen molar-refractivity contribution in [2.75, 3.05) is 19.6 Å². The van der Waals surface area contributed by atoms with Gasteiger partial charge in [-0.05, 0) is 38.3 Å². The van der Waals surface area contributed by atoms with E-state index in [2.05, 4.69) is 43.4 Å². The lowest BCUT2D eigenvalue weighted by Crippen LogP contribution is -2.51. The van der Waals surface area contributed by atoms with Gasteiger partial charge in [0.1, 0.15) is 0 Å². The van der Waals surface area contributed by atoms with E-state index in [9.17, 15) is 4.79 Å². The van der Waals surface area contributed by atoms with Crippen LogP contribution < -0.4 is 5.32 Å². The molecule has 1 aromatic rings. The molecule has 0 spiro atoms. The van der Waals surface area contributed by atoms with E-state index in [0.29, 0.717) is 0 Å². The number of nitrogens with zero attached hydrogens (tertiary/aromatic N) is 1. The molecule has 1 amide bonds. The zero-order chi connectivity index (χ0) is 13.7.